The molecule has 1 N–H and O–H groups in total. The minimum Gasteiger partial charge on any atom is -0.424 e. The van der Waals surface area contributed by atoms with E-state index in [2.05, 4.69) is 15.3 Å². The van der Waals surface area contributed by atoms with Crippen molar-refractivity contribution in [3.63, 3.8) is 0 Å². The molecule has 4 rings (SSSR count). The van der Waals surface area contributed by atoms with Crippen LogP contribution in [0, 0.1) is 11.6 Å². The lowest BCUT2D eigenvalue weighted by Crippen LogP contribution is -2.12. The van der Waals surface area contributed by atoms with E-state index in [1.54, 1.807) is 30.6 Å². The van der Waals surface area contributed by atoms with E-state index < -0.39 is 5.82 Å². The van der Waals surface area contributed by atoms with Gasteiger partial charge in [-0.1, -0.05) is 23.7 Å². The Kier molecular flexibility index (Phi) is 5.86. The summed E-state index contributed by atoms with van der Waals surface area (Å²) in [5.74, 6) is -0.890. The Balaban J connectivity index is 1.48. The van der Waals surface area contributed by atoms with Crippen molar-refractivity contribution in [2.45, 2.75) is 0 Å². The molecule has 0 unspecified atom stereocenters. The molecule has 0 saturated heterocycles. The molecule has 0 fully saturated rings. The van der Waals surface area contributed by atoms with E-state index in [1.807, 2.05) is 6.07 Å². The third-order valence-corrected chi connectivity index (χ3v) is 4.58. The van der Waals surface area contributed by atoms with Crippen LogP contribution in [0.25, 0.3) is 11.1 Å². The number of hydrogen-bond acceptors (Lipinski definition) is 4. The number of rotatable bonds is 5. The topological polar surface area (TPSA) is 64.1 Å². The van der Waals surface area contributed by atoms with E-state index in [4.69, 9.17) is 16.3 Å². The van der Waals surface area contributed by atoms with Crippen LogP contribution in [0.1, 0.15) is 10.4 Å². The highest BCUT2D eigenvalue weighted by molar-refractivity contribution is 6.31. The first-order valence-electron chi connectivity index (χ1n) is 9.10. The Morgan fingerprint density at radius 3 is 2.35 bits per heavy atom. The number of ether oxygens (including phenoxy) is 1. The van der Waals surface area contributed by atoms with Gasteiger partial charge in [0.25, 0.3) is 5.91 Å². The molecule has 0 radical (unpaired) electrons. The van der Waals surface area contributed by atoms with Gasteiger partial charge in [-0.3, -0.25) is 4.79 Å². The van der Waals surface area contributed by atoms with Crippen LogP contribution in [-0.2, 0) is 0 Å². The number of nitrogens with one attached hydrogen (secondary N) is 1. The number of hydrogen-bond donors (Lipinski definition) is 1. The minimum absolute atomic E-state index is 0.0772. The Hall–Kier alpha value is -3.84. The van der Waals surface area contributed by atoms with Gasteiger partial charge >= 0.3 is 6.01 Å². The SMILES string of the molecule is O=C(Nc1ccc(F)c(Cl)c1)c1cccc(-c2cnc(Oc3ccc(F)cc3)nc2)c1. The average Bonchev–Trinajstić information content (AvgIpc) is 2.78. The van der Waals surface area contributed by atoms with Crippen molar-refractivity contribution in [2.75, 3.05) is 5.32 Å². The lowest BCUT2D eigenvalue weighted by molar-refractivity contribution is 0.102. The molecule has 0 bridgehead atoms. The molecule has 1 aromatic heterocycles. The van der Waals surface area contributed by atoms with E-state index >= 15 is 0 Å². The third kappa shape index (κ3) is 5.02. The van der Waals surface area contributed by atoms with E-state index in [-0.39, 0.29) is 22.8 Å². The van der Waals surface area contributed by atoms with Crippen molar-refractivity contribution in [3.05, 3.63) is 101 Å². The van der Waals surface area contributed by atoms with Crippen LogP contribution in [-0.4, -0.2) is 15.9 Å². The van der Waals surface area contributed by atoms with Crippen molar-refractivity contribution < 1.29 is 18.3 Å². The summed E-state index contributed by atoms with van der Waals surface area (Å²) < 4.78 is 31.7. The van der Waals surface area contributed by atoms with Crippen LogP contribution in [0.3, 0.4) is 0 Å². The fourth-order valence-electron chi connectivity index (χ4n) is 2.74. The summed E-state index contributed by atoms with van der Waals surface area (Å²) in [6.07, 6.45) is 3.12. The van der Waals surface area contributed by atoms with E-state index in [0.29, 0.717) is 22.6 Å². The number of anilines is 1. The monoisotopic (exact) mass is 437 g/mol. The third-order valence-electron chi connectivity index (χ3n) is 4.29. The van der Waals surface area contributed by atoms with Gasteiger partial charge in [-0.25, -0.2) is 18.7 Å². The normalized spacial score (nSPS) is 10.5. The Labute approximate surface area is 181 Å². The summed E-state index contributed by atoms with van der Waals surface area (Å²) in [7, 11) is 0. The molecule has 0 aliphatic heterocycles. The van der Waals surface area contributed by atoms with Crippen LogP contribution >= 0.6 is 11.6 Å². The fraction of sp³-hybridized carbons (Fsp3) is 0. The van der Waals surface area contributed by atoms with Crippen molar-refractivity contribution in [1.29, 1.82) is 0 Å². The van der Waals surface area contributed by atoms with E-state index in [0.717, 1.165) is 5.56 Å². The van der Waals surface area contributed by atoms with Gasteiger partial charge in [0.15, 0.2) is 0 Å². The van der Waals surface area contributed by atoms with Gasteiger partial charge in [-0.15, -0.1) is 0 Å². The first-order valence-corrected chi connectivity index (χ1v) is 9.48. The molecule has 3 aromatic carbocycles. The van der Waals surface area contributed by atoms with Crippen molar-refractivity contribution in [2.24, 2.45) is 0 Å². The standard InChI is InChI=1S/C23H14ClF2N3O2/c24-20-11-18(6-9-21(20)26)29-22(30)15-3-1-2-14(10-15)16-12-27-23(28-13-16)31-19-7-4-17(25)5-8-19/h1-13H,(H,29,30). The molecule has 0 aliphatic carbocycles. The van der Waals surface area contributed by atoms with Crippen LogP contribution in [0.4, 0.5) is 14.5 Å². The maximum Gasteiger partial charge on any atom is 0.321 e. The van der Waals surface area contributed by atoms with E-state index in [1.165, 1.54) is 42.5 Å². The Morgan fingerprint density at radius 2 is 1.65 bits per heavy atom. The van der Waals surface area contributed by atoms with Crippen LogP contribution in [0.2, 0.25) is 5.02 Å². The molecule has 0 saturated carbocycles. The molecule has 0 aliphatic rings. The van der Waals surface area contributed by atoms with Gasteiger partial charge in [0, 0.05) is 29.2 Å². The Morgan fingerprint density at radius 1 is 0.903 bits per heavy atom. The molecule has 4 aromatic rings. The number of carbonyl (C=O) groups excluding carboxylic acids is 1. The maximum absolute atomic E-state index is 13.3. The zero-order valence-corrected chi connectivity index (χ0v) is 16.6. The average molecular weight is 438 g/mol. The summed E-state index contributed by atoms with van der Waals surface area (Å²) in [5.41, 5.74) is 2.17. The van der Waals surface area contributed by atoms with Crippen LogP contribution < -0.4 is 10.1 Å². The molecule has 1 heterocycles. The molecule has 8 heteroatoms. The molecule has 154 valence electrons. The van der Waals surface area contributed by atoms with Gasteiger partial charge in [0.2, 0.25) is 0 Å². The van der Waals surface area contributed by atoms with Crippen LogP contribution in [0.15, 0.2) is 79.1 Å². The van der Waals surface area contributed by atoms with Gasteiger partial charge < -0.3 is 10.1 Å². The summed E-state index contributed by atoms with van der Waals surface area (Å²) in [6.45, 7) is 0. The molecular weight excluding hydrogens is 424 g/mol. The summed E-state index contributed by atoms with van der Waals surface area (Å²) in [4.78, 5) is 20.9. The summed E-state index contributed by atoms with van der Waals surface area (Å²) >= 11 is 5.75. The lowest BCUT2D eigenvalue weighted by Gasteiger charge is -2.08. The number of benzene rings is 3. The highest BCUT2D eigenvalue weighted by Gasteiger charge is 2.10. The van der Waals surface area contributed by atoms with Crippen molar-refractivity contribution >= 4 is 23.2 Å². The van der Waals surface area contributed by atoms with Gasteiger partial charge in [-0.2, -0.15) is 0 Å². The zero-order valence-electron chi connectivity index (χ0n) is 15.9. The molecule has 0 spiro atoms. The maximum atomic E-state index is 13.3. The number of aromatic nitrogens is 2. The number of halogens is 3. The Bertz CT molecular complexity index is 1230. The van der Waals surface area contributed by atoms with Crippen molar-refractivity contribution in [3.8, 4) is 22.9 Å². The zero-order chi connectivity index (χ0) is 21.8. The first-order chi connectivity index (χ1) is 15.0. The second-order valence-electron chi connectivity index (χ2n) is 6.47. The number of amides is 1. The highest BCUT2D eigenvalue weighted by Crippen LogP contribution is 2.24. The summed E-state index contributed by atoms with van der Waals surface area (Å²) in [6, 6.07) is 16.4. The smallest absolute Gasteiger partial charge is 0.321 e. The lowest BCUT2D eigenvalue weighted by atomic mass is 10.1. The van der Waals surface area contributed by atoms with Gasteiger partial charge in [-0.05, 0) is 60.2 Å². The predicted molar refractivity (Wildman–Crippen MR) is 113 cm³/mol. The summed E-state index contributed by atoms with van der Waals surface area (Å²) in [5, 5.41) is 2.60. The van der Waals surface area contributed by atoms with Crippen LogP contribution in [0.5, 0.6) is 11.8 Å². The van der Waals surface area contributed by atoms with Gasteiger partial charge in [0.1, 0.15) is 17.4 Å². The molecule has 31 heavy (non-hydrogen) atoms. The second-order valence-corrected chi connectivity index (χ2v) is 6.88. The quantitative estimate of drug-likeness (QED) is 0.408. The predicted octanol–water partition coefficient (Wildman–Crippen LogP) is 6.12. The number of carbonyl (C=O) groups is 1. The second kappa shape index (κ2) is 8.89. The van der Waals surface area contributed by atoms with E-state index in [9.17, 15) is 13.6 Å². The molecule has 1 amide bonds. The van der Waals surface area contributed by atoms with Gasteiger partial charge in [0.05, 0.1) is 5.02 Å². The van der Waals surface area contributed by atoms with Crippen molar-refractivity contribution in [1.82, 2.24) is 9.97 Å². The minimum atomic E-state index is -0.562. The largest absolute Gasteiger partial charge is 0.424 e. The fourth-order valence-corrected chi connectivity index (χ4v) is 2.92. The molecule has 0 atom stereocenters. The number of nitrogens with zero attached hydrogens (tertiary/aromatic N) is 2. The molecule has 5 nitrogen and oxygen atoms in total. The highest BCUT2D eigenvalue weighted by atomic mass is 35.5. The first kappa shape index (κ1) is 20.4. The molecular formula is C23H14ClF2N3O2.